The van der Waals surface area contributed by atoms with Crippen molar-refractivity contribution in [3.8, 4) is 0 Å². The van der Waals surface area contributed by atoms with Gasteiger partial charge in [0.1, 0.15) is 0 Å². The number of likely N-dealkylation sites (tertiary alicyclic amines) is 1. The number of fused-ring (bicyclic) bond motifs is 1. The fourth-order valence-electron chi connectivity index (χ4n) is 5.42. The number of allylic oxidation sites excluding steroid dienone is 5. The van der Waals surface area contributed by atoms with E-state index in [0.717, 1.165) is 30.8 Å². The monoisotopic (exact) mass is 402 g/mol. The van der Waals surface area contributed by atoms with Crippen molar-refractivity contribution in [2.45, 2.75) is 58.3 Å². The maximum Gasteiger partial charge on any atom is 0.256 e. The van der Waals surface area contributed by atoms with E-state index in [1.807, 2.05) is 18.2 Å². The molecule has 1 saturated heterocycles. The summed E-state index contributed by atoms with van der Waals surface area (Å²) in [6.45, 7) is 4.69. The molecule has 30 heavy (non-hydrogen) atoms. The summed E-state index contributed by atoms with van der Waals surface area (Å²) >= 11 is 0. The lowest BCUT2D eigenvalue weighted by Gasteiger charge is -2.25. The molecular formula is C26H30N2O2. The normalized spacial score (nSPS) is 23.1. The number of nitrogens with one attached hydrogen (secondary N) is 1. The van der Waals surface area contributed by atoms with Gasteiger partial charge in [0, 0.05) is 22.4 Å². The first-order chi connectivity index (χ1) is 14.6. The van der Waals surface area contributed by atoms with E-state index in [4.69, 9.17) is 0 Å². The second-order valence-corrected chi connectivity index (χ2v) is 9.15. The molecule has 0 bridgehead atoms. The van der Waals surface area contributed by atoms with Crippen LogP contribution in [0, 0.1) is 0 Å². The first-order valence-electron chi connectivity index (χ1n) is 11.4. The molecular weight excluding hydrogens is 372 g/mol. The van der Waals surface area contributed by atoms with Gasteiger partial charge in [-0.3, -0.25) is 14.5 Å². The summed E-state index contributed by atoms with van der Waals surface area (Å²) in [5.74, 6) is 0.0857. The van der Waals surface area contributed by atoms with Gasteiger partial charge in [0.25, 0.3) is 5.91 Å². The predicted octanol–water partition coefficient (Wildman–Crippen LogP) is 5.28. The molecule has 0 atom stereocenters. The summed E-state index contributed by atoms with van der Waals surface area (Å²) in [4.78, 5) is 27.9. The molecule has 1 amide bonds. The van der Waals surface area contributed by atoms with Crippen LogP contribution in [0.1, 0.15) is 74.2 Å². The predicted molar refractivity (Wildman–Crippen MR) is 120 cm³/mol. The van der Waals surface area contributed by atoms with Crippen molar-refractivity contribution >= 4 is 23.0 Å². The molecule has 156 valence electrons. The molecule has 1 aromatic carbocycles. The average Bonchev–Trinajstić information content (AvgIpc) is 3.25. The van der Waals surface area contributed by atoms with E-state index in [1.54, 1.807) is 5.57 Å². The highest BCUT2D eigenvalue weighted by Crippen LogP contribution is 2.43. The van der Waals surface area contributed by atoms with Crippen molar-refractivity contribution < 1.29 is 9.59 Å². The standard InChI is InChI=1S/C26H30N2O2/c1-17-20(13-18-7-3-4-8-21(17)18)15-23-22-14-19(9-10-24(22)27-26(23)30)25(29)16-28-11-5-2-6-12-28/h9-10,14-15H,2-8,11-13,16H2,1H3,(H,27,30). The summed E-state index contributed by atoms with van der Waals surface area (Å²) in [6, 6.07) is 5.66. The Kier molecular flexibility index (Phi) is 5.20. The summed E-state index contributed by atoms with van der Waals surface area (Å²) < 4.78 is 0. The fourth-order valence-corrected chi connectivity index (χ4v) is 5.42. The largest absolute Gasteiger partial charge is 0.321 e. The van der Waals surface area contributed by atoms with E-state index in [0.29, 0.717) is 17.7 Å². The molecule has 0 saturated carbocycles. The number of ketones is 1. The Labute approximate surface area is 178 Å². The third-order valence-corrected chi connectivity index (χ3v) is 7.18. The second kappa shape index (κ2) is 7.99. The van der Waals surface area contributed by atoms with Crippen molar-refractivity contribution in [3.63, 3.8) is 0 Å². The van der Waals surface area contributed by atoms with Crippen LogP contribution >= 0.6 is 0 Å². The highest BCUT2D eigenvalue weighted by atomic mass is 16.2. The smallest absolute Gasteiger partial charge is 0.256 e. The van der Waals surface area contributed by atoms with Gasteiger partial charge in [-0.1, -0.05) is 12.0 Å². The zero-order chi connectivity index (χ0) is 20.7. The molecule has 1 fully saturated rings. The van der Waals surface area contributed by atoms with Crippen LogP contribution in [0.15, 0.2) is 46.6 Å². The van der Waals surface area contributed by atoms with Gasteiger partial charge >= 0.3 is 0 Å². The summed E-state index contributed by atoms with van der Waals surface area (Å²) in [6.07, 6.45) is 11.6. The Morgan fingerprint density at radius 2 is 1.90 bits per heavy atom. The Hall–Kier alpha value is -2.46. The van der Waals surface area contributed by atoms with Gasteiger partial charge in [-0.05, 0) is 106 Å². The first-order valence-corrected chi connectivity index (χ1v) is 11.4. The average molecular weight is 403 g/mol. The Balaban J connectivity index is 1.41. The summed E-state index contributed by atoms with van der Waals surface area (Å²) in [7, 11) is 0. The Bertz CT molecular complexity index is 1010. The number of hydrogen-bond acceptors (Lipinski definition) is 3. The highest BCUT2D eigenvalue weighted by Gasteiger charge is 2.28. The number of carbonyl (C=O) groups is 2. The van der Waals surface area contributed by atoms with Gasteiger partial charge in [-0.15, -0.1) is 0 Å². The van der Waals surface area contributed by atoms with E-state index < -0.39 is 0 Å². The van der Waals surface area contributed by atoms with Crippen LogP contribution in [0.3, 0.4) is 0 Å². The maximum atomic E-state index is 12.9. The van der Waals surface area contributed by atoms with Crippen LogP contribution in [-0.4, -0.2) is 36.2 Å². The van der Waals surface area contributed by atoms with E-state index in [9.17, 15) is 9.59 Å². The van der Waals surface area contributed by atoms with Crippen molar-refractivity contribution in [2.24, 2.45) is 0 Å². The second-order valence-electron chi connectivity index (χ2n) is 9.15. The molecule has 0 spiro atoms. The number of nitrogens with zero attached hydrogens (tertiary/aromatic N) is 1. The molecule has 0 unspecified atom stereocenters. The lowest BCUT2D eigenvalue weighted by Crippen LogP contribution is -2.34. The van der Waals surface area contributed by atoms with Crippen LogP contribution in [0.25, 0.3) is 5.57 Å². The van der Waals surface area contributed by atoms with Crippen molar-refractivity contribution in [3.05, 3.63) is 57.7 Å². The number of rotatable bonds is 4. The van der Waals surface area contributed by atoms with Gasteiger partial charge in [0.15, 0.2) is 5.78 Å². The molecule has 1 N–H and O–H groups in total. The number of Topliss-reactive ketones (excluding diaryl/α,β-unsaturated/α-hetero) is 1. The lowest BCUT2D eigenvalue weighted by molar-refractivity contribution is -0.110. The molecule has 5 rings (SSSR count). The molecule has 4 nitrogen and oxygen atoms in total. The minimum Gasteiger partial charge on any atom is -0.321 e. The minimum atomic E-state index is -0.0594. The SMILES string of the molecule is CC1=C(C=C2C(=O)Nc3ccc(C(=O)CN4CCCCC4)cc32)CC2=C1CCCC2. The quantitative estimate of drug-likeness (QED) is 0.550. The Morgan fingerprint density at radius 1 is 1.10 bits per heavy atom. The van der Waals surface area contributed by atoms with E-state index in [-0.39, 0.29) is 11.7 Å². The summed E-state index contributed by atoms with van der Waals surface area (Å²) in [5, 5.41) is 2.98. The van der Waals surface area contributed by atoms with Crippen molar-refractivity contribution in [2.75, 3.05) is 25.0 Å². The third kappa shape index (κ3) is 3.58. The molecule has 2 aliphatic carbocycles. The van der Waals surface area contributed by atoms with E-state index in [1.165, 1.54) is 61.7 Å². The lowest BCUT2D eigenvalue weighted by atomic mass is 9.91. The molecule has 0 aromatic heterocycles. The highest BCUT2D eigenvalue weighted by molar-refractivity contribution is 6.32. The van der Waals surface area contributed by atoms with Gasteiger partial charge in [0.2, 0.25) is 0 Å². The fraction of sp³-hybridized carbons (Fsp3) is 0.462. The van der Waals surface area contributed by atoms with E-state index >= 15 is 0 Å². The van der Waals surface area contributed by atoms with E-state index in [2.05, 4.69) is 23.2 Å². The van der Waals surface area contributed by atoms with Gasteiger partial charge in [-0.25, -0.2) is 0 Å². The first kappa shape index (κ1) is 19.5. The zero-order valence-electron chi connectivity index (χ0n) is 17.9. The van der Waals surface area contributed by atoms with Crippen LogP contribution in [0.2, 0.25) is 0 Å². The summed E-state index contributed by atoms with van der Waals surface area (Å²) in [5.41, 5.74) is 8.81. The molecule has 2 heterocycles. The molecule has 1 aromatic rings. The van der Waals surface area contributed by atoms with Crippen LogP contribution in [0.5, 0.6) is 0 Å². The number of anilines is 1. The number of hydrogen-bond donors (Lipinski definition) is 1. The van der Waals surface area contributed by atoms with Gasteiger partial charge in [-0.2, -0.15) is 0 Å². The van der Waals surface area contributed by atoms with Gasteiger partial charge < -0.3 is 5.32 Å². The number of piperidine rings is 1. The van der Waals surface area contributed by atoms with Crippen LogP contribution in [-0.2, 0) is 4.79 Å². The van der Waals surface area contributed by atoms with Gasteiger partial charge in [0.05, 0.1) is 6.54 Å². The zero-order valence-corrected chi connectivity index (χ0v) is 17.9. The van der Waals surface area contributed by atoms with Crippen LogP contribution < -0.4 is 5.32 Å². The molecule has 2 aliphatic heterocycles. The number of benzene rings is 1. The third-order valence-electron chi connectivity index (χ3n) is 7.18. The molecule has 4 heteroatoms. The maximum absolute atomic E-state index is 12.9. The topological polar surface area (TPSA) is 49.4 Å². The van der Waals surface area contributed by atoms with Crippen molar-refractivity contribution in [1.29, 1.82) is 0 Å². The van der Waals surface area contributed by atoms with Crippen LogP contribution in [0.4, 0.5) is 5.69 Å². The minimum absolute atomic E-state index is 0.0594. The number of amides is 1. The molecule has 0 radical (unpaired) electrons. The Morgan fingerprint density at radius 3 is 2.70 bits per heavy atom. The molecule has 4 aliphatic rings. The van der Waals surface area contributed by atoms with Crippen molar-refractivity contribution in [1.82, 2.24) is 4.90 Å². The number of carbonyl (C=O) groups excluding carboxylic acids is 2.